The third kappa shape index (κ3) is 2.52. The molecule has 0 amide bonds. The van der Waals surface area contributed by atoms with Crippen LogP contribution in [0.15, 0.2) is 18.3 Å². The highest BCUT2D eigenvalue weighted by Gasteiger charge is 2.16. The summed E-state index contributed by atoms with van der Waals surface area (Å²) in [5, 5.41) is 8.82. The fourth-order valence-electron chi connectivity index (χ4n) is 1.51. The molecule has 0 spiro atoms. The minimum absolute atomic E-state index is 0.164. The molecule has 0 aromatic carbocycles. The summed E-state index contributed by atoms with van der Waals surface area (Å²) in [6.45, 7) is 1.86. The summed E-state index contributed by atoms with van der Waals surface area (Å²) >= 11 is 0. The second kappa shape index (κ2) is 4.87. The molecule has 0 radical (unpaired) electrons. The van der Waals surface area contributed by atoms with Crippen molar-refractivity contribution in [3.05, 3.63) is 29.6 Å². The summed E-state index contributed by atoms with van der Waals surface area (Å²) in [6.07, 6.45) is 2.71. The van der Waals surface area contributed by atoms with E-state index in [4.69, 9.17) is 14.7 Å². The first kappa shape index (κ1) is 10.1. The summed E-state index contributed by atoms with van der Waals surface area (Å²) in [7, 11) is 0. The monoisotopic (exact) mass is 204 g/mol. The first-order valence-electron chi connectivity index (χ1n) is 4.93. The van der Waals surface area contributed by atoms with Gasteiger partial charge in [-0.3, -0.25) is 0 Å². The van der Waals surface area contributed by atoms with Crippen LogP contribution < -0.4 is 0 Å². The number of aromatic nitrogens is 1. The molecule has 2 rings (SSSR count). The fourth-order valence-corrected chi connectivity index (χ4v) is 1.51. The topological polar surface area (TPSA) is 55.1 Å². The van der Waals surface area contributed by atoms with Crippen molar-refractivity contribution < 1.29 is 9.47 Å². The predicted molar refractivity (Wildman–Crippen MR) is 53.0 cm³/mol. The molecule has 1 aromatic heterocycles. The average molecular weight is 204 g/mol. The summed E-state index contributed by atoms with van der Waals surface area (Å²) in [5.74, 6) is 0. The van der Waals surface area contributed by atoms with Crippen molar-refractivity contribution in [3.8, 4) is 6.07 Å². The molecule has 15 heavy (non-hydrogen) atoms. The van der Waals surface area contributed by atoms with Crippen LogP contribution in [0.3, 0.4) is 0 Å². The summed E-state index contributed by atoms with van der Waals surface area (Å²) in [4.78, 5) is 3.97. The van der Waals surface area contributed by atoms with Crippen LogP contribution in [0.5, 0.6) is 0 Å². The van der Waals surface area contributed by atoms with Crippen LogP contribution in [0.4, 0.5) is 0 Å². The molecule has 0 N–H and O–H groups in total. The molecular formula is C11H12N2O2. The van der Waals surface area contributed by atoms with Gasteiger partial charge in [0.25, 0.3) is 0 Å². The SMILES string of the molecule is N#Cc1ncccc1COC1CCOC1. The Hall–Kier alpha value is -1.44. The molecule has 2 heterocycles. The Labute approximate surface area is 88.5 Å². The summed E-state index contributed by atoms with van der Waals surface area (Å²) in [5.41, 5.74) is 1.28. The van der Waals surface area contributed by atoms with Crippen molar-refractivity contribution in [2.75, 3.05) is 13.2 Å². The van der Waals surface area contributed by atoms with E-state index >= 15 is 0 Å². The Kier molecular flexibility index (Phi) is 3.28. The molecule has 0 aliphatic carbocycles. The Morgan fingerprint density at radius 2 is 2.60 bits per heavy atom. The number of nitrogens with zero attached hydrogens (tertiary/aromatic N) is 2. The molecule has 4 nitrogen and oxygen atoms in total. The molecule has 4 heteroatoms. The number of ether oxygens (including phenoxy) is 2. The van der Waals surface area contributed by atoms with Crippen LogP contribution in [-0.4, -0.2) is 24.3 Å². The van der Waals surface area contributed by atoms with Gasteiger partial charge in [-0.15, -0.1) is 0 Å². The lowest BCUT2D eigenvalue weighted by Gasteiger charge is -2.09. The van der Waals surface area contributed by atoms with E-state index in [1.807, 2.05) is 18.2 Å². The maximum Gasteiger partial charge on any atom is 0.145 e. The van der Waals surface area contributed by atoms with E-state index in [-0.39, 0.29) is 6.10 Å². The van der Waals surface area contributed by atoms with E-state index in [0.717, 1.165) is 18.6 Å². The third-order valence-corrected chi connectivity index (χ3v) is 2.36. The van der Waals surface area contributed by atoms with E-state index in [0.29, 0.717) is 18.9 Å². The van der Waals surface area contributed by atoms with Crippen LogP contribution >= 0.6 is 0 Å². The van der Waals surface area contributed by atoms with Crippen LogP contribution in [0.1, 0.15) is 17.7 Å². The van der Waals surface area contributed by atoms with Gasteiger partial charge in [0.2, 0.25) is 0 Å². The van der Waals surface area contributed by atoms with E-state index in [1.54, 1.807) is 6.20 Å². The normalized spacial score (nSPS) is 20.1. The molecular weight excluding hydrogens is 192 g/mol. The lowest BCUT2D eigenvalue weighted by Crippen LogP contribution is -2.12. The molecule has 1 unspecified atom stereocenters. The molecule has 1 fully saturated rings. The molecule has 1 aliphatic heterocycles. The molecule has 1 atom stereocenters. The largest absolute Gasteiger partial charge is 0.379 e. The van der Waals surface area contributed by atoms with Gasteiger partial charge < -0.3 is 9.47 Å². The van der Waals surface area contributed by atoms with Gasteiger partial charge in [0.05, 0.1) is 19.3 Å². The highest BCUT2D eigenvalue weighted by molar-refractivity contribution is 5.29. The highest BCUT2D eigenvalue weighted by atomic mass is 16.5. The number of pyridine rings is 1. The van der Waals surface area contributed by atoms with Crippen molar-refractivity contribution in [1.82, 2.24) is 4.98 Å². The highest BCUT2D eigenvalue weighted by Crippen LogP contribution is 2.12. The van der Waals surface area contributed by atoms with Gasteiger partial charge in [0.1, 0.15) is 11.8 Å². The minimum atomic E-state index is 0.164. The van der Waals surface area contributed by atoms with E-state index in [1.165, 1.54) is 0 Å². The van der Waals surface area contributed by atoms with Gasteiger partial charge in [0, 0.05) is 18.4 Å². The molecule has 1 aromatic rings. The molecule has 78 valence electrons. The summed E-state index contributed by atoms with van der Waals surface area (Å²) in [6, 6.07) is 5.72. The predicted octanol–water partition coefficient (Wildman–Crippen LogP) is 1.26. The summed E-state index contributed by atoms with van der Waals surface area (Å²) < 4.78 is 10.8. The third-order valence-electron chi connectivity index (χ3n) is 2.36. The minimum Gasteiger partial charge on any atom is -0.379 e. The smallest absolute Gasteiger partial charge is 0.145 e. The van der Waals surface area contributed by atoms with Gasteiger partial charge in [-0.25, -0.2) is 4.98 Å². The second-order valence-corrected chi connectivity index (χ2v) is 3.42. The van der Waals surface area contributed by atoms with E-state index < -0.39 is 0 Å². The number of nitriles is 1. The number of hydrogen-bond acceptors (Lipinski definition) is 4. The van der Waals surface area contributed by atoms with Gasteiger partial charge in [0.15, 0.2) is 0 Å². The van der Waals surface area contributed by atoms with Crippen molar-refractivity contribution in [2.24, 2.45) is 0 Å². The first-order valence-corrected chi connectivity index (χ1v) is 4.93. The second-order valence-electron chi connectivity index (χ2n) is 3.42. The lowest BCUT2D eigenvalue weighted by molar-refractivity contribution is 0.0315. The van der Waals surface area contributed by atoms with Gasteiger partial charge >= 0.3 is 0 Å². The van der Waals surface area contributed by atoms with Gasteiger partial charge in [-0.2, -0.15) is 5.26 Å². The van der Waals surface area contributed by atoms with Crippen molar-refractivity contribution in [1.29, 1.82) is 5.26 Å². The Morgan fingerprint density at radius 1 is 1.67 bits per heavy atom. The van der Waals surface area contributed by atoms with E-state index in [2.05, 4.69) is 4.98 Å². The van der Waals surface area contributed by atoms with Crippen molar-refractivity contribution in [3.63, 3.8) is 0 Å². The standard InChI is InChI=1S/C11H12N2O2/c12-6-11-9(2-1-4-13-11)7-15-10-3-5-14-8-10/h1-2,4,10H,3,5,7-8H2. The Morgan fingerprint density at radius 3 is 3.33 bits per heavy atom. The average Bonchev–Trinajstić information content (AvgIpc) is 2.79. The number of hydrogen-bond donors (Lipinski definition) is 0. The first-order chi connectivity index (χ1) is 7.40. The van der Waals surface area contributed by atoms with Crippen molar-refractivity contribution in [2.45, 2.75) is 19.1 Å². The maximum absolute atomic E-state index is 8.82. The fraction of sp³-hybridized carbons (Fsp3) is 0.455. The maximum atomic E-state index is 8.82. The Balaban J connectivity index is 1.95. The zero-order valence-electron chi connectivity index (χ0n) is 8.35. The zero-order valence-corrected chi connectivity index (χ0v) is 8.35. The van der Waals surface area contributed by atoms with Crippen LogP contribution in [0.25, 0.3) is 0 Å². The molecule has 1 saturated heterocycles. The number of rotatable bonds is 3. The quantitative estimate of drug-likeness (QED) is 0.743. The Bertz CT molecular complexity index is 367. The van der Waals surface area contributed by atoms with Crippen molar-refractivity contribution >= 4 is 0 Å². The van der Waals surface area contributed by atoms with E-state index in [9.17, 15) is 0 Å². The zero-order chi connectivity index (χ0) is 10.5. The van der Waals surface area contributed by atoms with Gasteiger partial charge in [-0.05, 0) is 12.5 Å². The van der Waals surface area contributed by atoms with Crippen LogP contribution in [0.2, 0.25) is 0 Å². The van der Waals surface area contributed by atoms with Gasteiger partial charge in [-0.1, -0.05) is 6.07 Å². The lowest BCUT2D eigenvalue weighted by atomic mass is 10.2. The van der Waals surface area contributed by atoms with Crippen LogP contribution in [-0.2, 0) is 16.1 Å². The van der Waals surface area contributed by atoms with Crippen LogP contribution in [0, 0.1) is 11.3 Å². The molecule has 1 aliphatic rings. The molecule has 0 bridgehead atoms. The molecule has 0 saturated carbocycles.